The number of nitrogens with zero attached hydrogens (tertiary/aromatic N) is 4. The summed E-state index contributed by atoms with van der Waals surface area (Å²) in [5, 5.41) is 4.36. The molecule has 41 heavy (non-hydrogen) atoms. The zero-order valence-corrected chi connectivity index (χ0v) is 23.4. The van der Waals surface area contributed by atoms with Crippen molar-refractivity contribution in [2.45, 2.75) is 46.2 Å². The number of pyridine rings is 1. The summed E-state index contributed by atoms with van der Waals surface area (Å²) in [6.45, 7) is 6.35. The zero-order valence-electron chi connectivity index (χ0n) is 23.4. The molecule has 8 nitrogen and oxygen atoms in total. The van der Waals surface area contributed by atoms with E-state index in [-0.39, 0.29) is 24.0 Å². The largest absolute Gasteiger partial charge is 0.573 e. The maximum Gasteiger partial charge on any atom is 0.573 e. The number of aryl methyl sites for hydroxylation is 1. The van der Waals surface area contributed by atoms with Crippen molar-refractivity contribution in [1.82, 2.24) is 14.8 Å². The summed E-state index contributed by atoms with van der Waals surface area (Å²) >= 11 is 0. The molecule has 0 bridgehead atoms. The number of benzene rings is 2. The van der Waals surface area contributed by atoms with Gasteiger partial charge in [-0.25, -0.2) is 14.5 Å². The van der Waals surface area contributed by atoms with Gasteiger partial charge in [-0.15, -0.1) is 13.2 Å². The van der Waals surface area contributed by atoms with Crippen molar-refractivity contribution in [3.63, 3.8) is 0 Å². The molecule has 2 heterocycles. The molecule has 216 valence electrons. The molecule has 0 saturated heterocycles. The Morgan fingerprint density at radius 1 is 1.07 bits per heavy atom. The Labute approximate surface area is 236 Å². The van der Waals surface area contributed by atoms with Crippen LogP contribution in [0.4, 0.5) is 18.9 Å². The summed E-state index contributed by atoms with van der Waals surface area (Å²) in [7, 11) is 3.27. The number of methoxy groups -OCH3 is 1. The van der Waals surface area contributed by atoms with E-state index in [1.807, 2.05) is 44.9 Å². The highest BCUT2D eigenvalue weighted by molar-refractivity contribution is 5.89. The first-order valence-electron chi connectivity index (χ1n) is 12.9. The fourth-order valence-corrected chi connectivity index (χ4v) is 4.49. The van der Waals surface area contributed by atoms with Crippen LogP contribution in [0.15, 0.2) is 66.9 Å². The number of halogens is 3. The molecule has 2 aromatic carbocycles. The summed E-state index contributed by atoms with van der Waals surface area (Å²) in [6.07, 6.45) is -3.22. The summed E-state index contributed by atoms with van der Waals surface area (Å²) in [5.74, 6) is -0.360. The predicted molar refractivity (Wildman–Crippen MR) is 148 cm³/mol. The maximum atomic E-state index is 13.0. The smallest absolute Gasteiger partial charge is 0.471 e. The Morgan fingerprint density at radius 3 is 2.51 bits per heavy atom. The van der Waals surface area contributed by atoms with E-state index in [0.29, 0.717) is 23.7 Å². The maximum absolute atomic E-state index is 13.0. The third kappa shape index (κ3) is 7.16. The quantitative estimate of drug-likeness (QED) is 0.200. The lowest BCUT2D eigenvalue weighted by Gasteiger charge is -2.22. The highest BCUT2D eigenvalue weighted by Gasteiger charge is 2.33. The van der Waals surface area contributed by atoms with Crippen LogP contribution >= 0.6 is 0 Å². The fraction of sp³-hybridized carbons (Fsp3) is 0.300. The van der Waals surface area contributed by atoms with Crippen molar-refractivity contribution in [3.05, 3.63) is 94.9 Å². The van der Waals surface area contributed by atoms with Gasteiger partial charge >= 0.3 is 12.3 Å². The number of hydrogen-bond donors (Lipinski definition) is 0. The van der Waals surface area contributed by atoms with Crippen LogP contribution in [0.2, 0.25) is 0 Å². The van der Waals surface area contributed by atoms with Gasteiger partial charge in [-0.2, -0.15) is 5.10 Å². The topological polar surface area (TPSA) is 78.7 Å². The van der Waals surface area contributed by atoms with Crippen LogP contribution in [-0.2, 0) is 17.9 Å². The van der Waals surface area contributed by atoms with Crippen LogP contribution < -0.4 is 14.4 Å². The Hall–Kier alpha value is -4.54. The van der Waals surface area contributed by atoms with Crippen LogP contribution in [0, 0.1) is 6.92 Å². The molecule has 0 aliphatic rings. The van der Waals surface area contributed by atoms with Crippen LogP contribution in [0.5, 0.6) is 11.6 Å². The second kappa shape index (κ2) is 12.3. The molecule has 2 aromatic heterocycles. The van der Waals surface area contributed by atoms with Gasteiger partial charge in [0.05, 0.1) is 35.9 Å². The minimum atomic E-state index is -4.85. The van der Waals surface area contributed by atoms with Crippen molar-refractivity contribution in [3.8, 4) is 17.3 Å². The number of alkyl halides is 3. The molecule has 4 rings (SSSR count). The molecule has 11 heteroatoms. The van der Waals surface area contributed by atoms with Crippen molar-refractivity contribution in [2.24, 2.45) is 0 Å². The average molecular weight is 569 g/mol. The van der Waals surface area contributed by atoms with Gasteiger partial charge in [0.1, 0.15) is 12.3 Å². The lowest BCUT2D eigenvalue weighted by Crippen LogP contribution is -2.19. The van der Waals surface area contributed by atoms with Gasteiger partial charge in [0.25, 0.3) is 0 Å². The summed E-state index contributed by atoms with van der Waals surface area (Å²) < 4.78 is 55.6. The third-order valence-corrected chi connectivity index (χ3v) is 6.41. The Bertz CT molecular complexity index is 1520. The van der Waals surface area contributed by atoms with E-state index in [9.17, 15) is 18.0 Å². The molecule has 0 aliphatic heterocycles. The predicted octanol–water partition coefficient (Wildman–Crippen LogP) is 6.60. The van der Waals surface area contributed by atoms with E-state index < -0.39 is 12.3 Å². The molecule has 0 fully saturated rings. The van der Waals surface area contributed by atoms with E-state index >= 15 is 0 Å². The first-order chi connectivity index (χ1) is 19.5. The minimum Gasteiger partial charge on any atom is -0.471 e. The van der Waals surface area contributed by atoms with E-state index in [4.69, 9.17) is 9.47 Å². The summed E-state index contributed by atoms with van der Waals surface area (Å²) in [6, 6.07) is 16.7. The van der Waals surface area contributed by atoms with Gasteiger partial charge in [-0.3, -0.25) is 0 Å². The van der Waals surface area contributed by atoms with Crippen LogP contribution in [-0.4, -0.2) is 41.3 Å². The van der Waals surface area contributed by atoms with Crippen LogP contribution in [0.25, 0.3) is 5.69 Å². The van der Waals surface area contributed by atoms with E-state index in [0.717, 1.165) is 22.5 Å². The second-order valence-electron chi connectivity index (χ2n) is 9.72. The molecular formula is C30H31F3N4O4. The van der Waals surface area contributed by atoms with Crippen molar-refractivity contribution >= 4 is 11.7 Å². The van der Waals surface area contributed by atoms with Crippen LogP contribution in [0.1, 0.15) is 52.6 Å². The number of rotatable bonds is 10. The SMILES string of the molecule is COC(=O)c1cccc(CN(C)c2ccc(OCc3c(C(C)C)cnn3-c3ccccc3OC(F)(F)F)nc2C)c1. The first-order valence-corrected chi connectivity index (χ1v) is 12.9. The Kier molecular flexibility index (Phi) is 8.85. The molecule has 0 spiro atoms. The first kappa shape index (κ1) is 29.4. The number of carbonyl (C=O) groups is 1. The molecule has 4 aromatic rings. The van der Waals surface area contributed by atoms with Crippen LogP contribution in [0.3, 0.4) is 0 Å². The highest BCUT2D eigenvalue weighted by atomic mass is 19.4. The van der Waals surface area contributed by atoms with Gasteiger partial charge in [0.2, 0.25) is 5.88 Å². The zero-order chi connectivity index (χ0) is 29.7. The number of aromatic nitrogens is 3. The van der Waals surface area contributed by atoms with Gasteiger partial charge in [0, 0.05) is 19.7 Å². The number of anilines is 1. The number of ether oxygens (including phenoxy) is 3. The number of para-hydroxylation sites is 2. The molecule has 0 saturated carbocycles. The number of esters is 1. The highest BCUT2D eigenvalue weighted by Crippen LogP contribution is 2.32. The standard InChI is InChI=1S/C30H31F3N4O4/c1-19(2)23-16-34-37(25-11-6-7-12-27(25)41-30(31,32)33)26(23)18-40-28-14-13-24(20(3)35-28)36(4)17-21-9-8-10-22(15-21)29(38)39-5/h6-16,19H,17-18H2,1-5H3. The van der Waals surface area contributed by atoms with E-state index in [1.165, 1.54) is 30.0 Å². The lowest BCUT2D eigenvalue weighted by molar-refractivity contribution is -0.274. The molecule has 0 N–H and O–H groups in total. The van der Waals surface area contributed by atoms with Gasteiger partial charge < -0.3 is 19.1 Å². The van der Waals surface area contributed by atoms with E-state index in [2.05, 4.69) is 14.8 Å². The van der Waals surface area contributed by atoms with Crippen molar-refractivity contribution < 1.29 is 32.2 Å². The normalized spacial score (nSPS) is 11.4. The third-order valence-electron chi connectivity index (χ3n) is 6.41. The summed E-state index contributed by atoms with van der Waals surface area (Å²) in [4.78, 5) is 18.5. The summed E-state index contributed by atoms with van der Waals surface area (Å²) in [5.41, 5.74) is 4.55. The number of hydrogen-bond acceptors (Lipinski definition) is 7. The average Bonchev–Trinajstić information content (AvgIpc) is 3.35. The van der Waals surface area contributed by atoms with Gasteiger partial charge in [-0.05, 0) is 54.3 Å². The lowest BCUT2D eigenvalue weighted by atomic mass is 10.0. The molecule has 0 amide bonds. The van der Waals surface area contributed by atoms with Gasteiger partial charge in [-0.1, -0.05) is 38.1 Å². The minimum absolute atomic E-state index is 0.0236. The van der Waals surface area contributed by atoms with Crippen molar-refractivity contribution in [1.29, 1.82) is 0 Å². The fourth-order valence-electron chi connectivity index (χ4n) is 4.49. The van der Waals surface area contributed by atoms with E-state index in [1.54, 1.807) is 36.5 Å². The van der Waals surface area contributed by atoms with Crippen molar-refractivity contribution in [2.75, 3.05) is 19.1 Å². The molecule has 0 radical (unpaired) electrons. The Balaban J connectivity index is 1.54. The molecular weight excluding hydrogens is 537 g/mol. The molecule has 0 atom stereocenters. The Morgan fingerprint density at radius 2 is 1.83 bits per heavy atom. The monoisotopic (exact) mass is 568 g/mol. The number of carbonyl (C=O) groups excluding carboxylic acids is 1. The second-order valence-corrected chi connectivity index (χ2v) is 9.72. The molecule has 0 unspecified atom stereocenters. The molecule has 0 aliphatic carbocycles. The van der Waals surface area contributed by atoms with Gasteiger partial charge in [0.15, 0.2) is 5.75 Å².